The minimum absolute atomic E-state index is 0.569. The Morgan fingerprint density at radius 3 is 2.75 bits per heavy atom. The molecule has 3 rings (SSSR count). The fourth-order valence-electron chi connectivity index (χ4n) is 2.95. The Morgan fingerprint density at radius 1 is 1.06 bits per heavy atom. The first-order valence-corrected chi connectivity index (χ1v) is 5.94. The van der Waals surface area contributed by atoms with Crippen LogP contribution in [0.4, 0.5) is 0 Å². The lowest BCUT2D eigenvalue weighted by molar-refractivity contribution is 0.613. The summed E-state index contributed by atoms with van der Waals surface area (Å²) in [6.45, 7) is 4.58. The summed E-state index contributed by atoms with van der Waals surface area (Å²) in [4.78, 5) is 0. The van der Waals surface area contributed by atoms with Gasteiger partial charge in [0.2, 0.25) is 0 Å². The summed E-state index contributed by atoms with van der Waals surface area (Å²) >= 11 is 0. The Balaban J connectivity index is 2.26. The van der Waals surface area contributed by atoms with Gasteiger partial charge in [-0.15, -0.1) is 0 Å². The lowest BCUT2D eigenvalue weighted by Gasteiger charge is -2.33. The summed E-state index contributed by atoms with van der Waals surface area (Å²) in [7, 11) is 0. The normalized spacial score (nSPS) is 26.6. The number of allylic oxidation sites excluding steroid dienone is 6. The zero-order valence-electron chi connectivity index (χ0n) is 9.77. The van der Waals surface area contributed by atoms with Crippen molar-refractivity contribution in [3.8, 4) is 0 Å². The maximum Gasteiger partial charge on any atom is 0.00902 e. The zero-order valence-corrected chi connectivity index (χ0v) is 9.77. The Bertz CT molecular complexity index is 515. The molecular formula is C16H16. The van der Waals surface area contributed by atoms with Gasteiger partial charge < -0.3 is 0 Å². The second kappa shape index (κ2) is 3.48. The van der Waals surface area contributed by atoms with E-state index in [2.05, 4.69) is 62.4 Å². The number of benzene rings is 1. The van der Waals surface area contributed by atoms with E-state index in [1.165, 1.54) is 22.3 Å². The summed E-state index contributed by atoms with van der Waals surface area (Å²) < 4.78 is 0. The van der Waals surface area contributed by atoms with Crippen LogP contribution in [0.25, 0.3) is 5.57 Å². The van der Waals surface area contributed by atoms with Gasteiger partial charge in [0, 0.05) is 5.92 Å². The highest BCUT2D eigenvalue weighted by atomic mass is 14.3. The third-order valence-corrected chi connectivity index (χ3v) is 3.89. The van der Waals surface area contributed by atoms with Gasteiger partial charge in [0.15, 0.2) is 0 Å². The molecule has 0 aromatic heterocycles. The van der Waals surface area contributed by atoms with Gasteiger partial charge in [0.05, 0.1) is 0 Å². The van der Waals surface area contributed by atoms with Crippen molar-refractivity contribution in [1.29, 1.82) is 0 Å². The zero-order chi connectivity index (χ0) is 11.1. The fourth-order valence-corrected chi connectivity index (χ4v) is 2.95. The fraction of sp³-hybridized carbons (Fsp3) is 0.250. The molecule has 0 fully saturated rings. The van der Waals surface area contributed by atoms with Crippen LogP contribution in [0.1, 0.15) is 30.9 Å². The molecule has 0 radical (unpaired) electrons. The lowest BCUT2D eigenvalue weighted by atomic mass is 9.71. The monoisotopic (exact) mass is 208 g/mol. The van der Waals surface area contributed by atoms with Crippen molar-refractivity contribution in [1.82, 2.24) is 0 Å². The molecule has 0 N–H and O–H groups in total. The number of hydrogen-bond acceptors (Lipinski definition) is 0. The van der Waals surface area contributed by atoms with E-state index in [1.807, 2.05) is 0 Å². The third-order valence-electron chi connectivity index (χ3n) is 3.89. The largest absolute Gasteiger partial charge is 0.0764 e. The highest BCUT2D eigenvalue weighted by Crippen LogP contribution is 2.44. The average Bonchev–Trinajstić information content (AvgIpc) is 2.36. The van der Waals surface area contributed by atoms with E-state index in [9.17, 15) is 0 Å². The second-order valence-corrected chi connectivity index (χ2v) is 4.73. The smallest absolute Gasteiger partial charge is 0.00902 e. The Morgan fingerprint density at radius 2 is 1.88 bits per heavy atom. The van der Waals surface area contributed by atoms with Crippen molar-refractivity contribution in [3.63, 3.8) is 0 Å². The highest BCUT2D eigenvalue weighted by Gasteiger charge is 2.28. The number of hydrogen-bond donors (Lipinski definition) is 0. The van der Waals surface area contributed by atoms with Gasteiger partial charge >= 0.3 is 0 Å². The Labute approximate surface area is 97.0 Å². The van der Waals surface area contributed by atoms with Crippen LogP contribution in [0, 0.1) is 5.92 Å². The van der Waals surface area contributed by atoms with E-state index in [0.717, 1.165) is 0 Å². The van der Waals surface area contributed by atoms with Crippen LogP contribution in [0.15, 0.2) is 54.1 Å². The topological polar surface area (TPSA) is 0 Å². The molecule has 0 amide bonds. The molecule has 0 spiro atoms. The van der Waals surface area contributed by atoms with E-state index in [4.69, 9.17) is 0 Å². The number of rotatable bonds is 0. The van der Waals surface area contributed by atoms with Crippen molar-refractivity contribution in [2.24, 2.45) is 5.92 Å². The molecule has 0 bridgehead atoms. The molecule has 0 heterocycles. The van der Waals surface area contributed by atoms with Crippen LogP contribution in [0.5, 0.6) is 0 Å². The molecule has 1 aromatic carbocycles. The summed E-state index contributed by atoms with van der Waals surface area (Å²) in [6.07, 6.45) is 8.92. The quantitative estimate of drug-likeness (QED) is 0.595. The van der Waals surface area contributed by atoms with Gasteiger partial charge in [-0.1, -0.05) is 55.5 Å². The predicted octanol–water partition coefficient (Wildman–Crippen LogP) is 4.32. The maximum atomic E-state index is 2.33. The summed E-state index contributed by atoms with van der Waals surface area (Å²) in [5, 5.41) is 0. The summed E-state index contributed by atoms with van der Waals surface area (Å²) in [6, 6.07) is 8.80. The van der Waals surface area contributed by atoms with E-state index < -0.39 is 0 Å². The molecule has 80 valence electrons. The summed E-state index contributed by atoms with van der Waals surface area (Å²) in [5.74, 6) is 1.16. The van der Waals surface area contributed by atoms with E-state index in [0.29, 0.717) is 11.8 Å². The molecule has 0 nitrogen and oxygen atoms in total. The van der Waals surface area contributed by atoms with Crippen molar-refractivity contribution in [2.75, 3.05) is 0 Å². The van der Waals surface area contributed by atoms with E-state index >= 15 is 0 Å². The van der Waals surface area contributed by atoms with Crippen molar-refractivity contribution in [3.05, 3.63) is 65.3 Å². The van der Waals surface area contributed by atoms with Gasteiger partial charge in [0.25, 0.3) is 0 Å². The van der Waals surface area contributed by atoms with E-state index in [1.54, 1.807) is 0 Å². The maximum absolute atomic E-state index is 2.33. The first kappa shape index (κ1) is 9.65. The van der Waals surface area contributed by atoms with Gasteiger partial charge in [-0.05, 0) is 35.1 Å². The molecular weight excluding hydrogens is 192 g/mol. The van der Waals surface area contributed by atoms with Crippen LogP contribution < -0.4 is 0 Å². The Hall–Kier alpha value is -1.56. The summed E-state index contributed by atoms with van der Waals surface area (Å²) in [5.41, 5.74) is 5.86. The van der Waals surface area contributed by atoms with Gasteiger partial charge in [-0.3, -0.25) is 0 Å². The second-order valence-electron chi connectivity index (χ2n) is 4.73. The lowest BCUT2D eigenvalue weighted by Crippen LogP contribution is -2.18. The SMILES string of the molecule is CC1=C2C=CC=CC2C(C)c2ccccc21. The van der Waals surface area contributed by atoms with Crippen LogP contribution >= 0.6 is 0 Å². The molecule has 16 heavy (non-hydrogen) atoms. The molecule has 0 saturated heterocycles. The predicted molar refractivity (Wildman–Crippen MR) is 69.2 cm³/mol. The van der Waals surface area contributed by atoms with Gasteiger partial charge in [-0.2, -0.15) is 0 Å². The van der Waals surface area contributed by atoms with Gasteiger partial charge in [0.1, 0.15) is 0 Å². The molecule has 2 unspecified atom stereocenters. The average molecular weight is 208 g/mol. The molecule has 2 aliphatic rings. The van der Waals surface area contributed by atoms with Gasteiger partial charge in [-0.25, -0.2) is 0 Å². The van der Waals surface area contributed by atoms with Crippen molar-refractivity contribution >= 4 is 5.57 Å². The molecule has 2 atom stereocenters. The minimum Gasteiger partial charge on any atom is -0.0764 e. The molecule has 1 aromatic rings. The van der Waals surface area contributed by atoms with Crippen molar-refractivity contribution in [2.45, 2.75) is 19.8 Å². The van der Waals surface area contributed by atoms with Crippen LogP contribution in [-0.2, 0) is 0 Å². The third kappa shape index (κ3) is 1.23. The standard InChI is InChI=1S/C16H16/c1-11-13-7-3-5-9-15(13)12(2)16-10-6-4-8-14(11)16/h3-11,13H,1-2H3. The van der Waals surface area contributed by atoms with Crippen LogP contribution in [0.2, 0.25) is 0 Å². The molecule has 0 saturated carbocycles. The van der Waals surface area contributed by atoms with E-state index in [-0.39, 0.29) is 0 Å². The first-order chi connectivity index (χ1) is 7.79. The number of fused-ring (bicyclic) bond motifs is 2. The van der Waals surface area contributed by atoms with Crippen molar-refractivity contribution < 1.29 is 0 Å². The first-order valence-electron chi connectivity index (χ1n) is 5.94. The van der Waals surface area contributed by atoms with Crippen LogP contribution in [0.3, 0.4) is 0 Å². The Kier molecular flexibility index (Phi) is 2.10. The highest BCUT2D eigenvalue weighted by molar-refractivity contribution is 5.76. The van der Waals surface area contributed by atoms with Crippen LogP contribution in [-0.4, -0.2) is 0 Å². The molecule has 0 aliphatic heterocycles. The molecule has 2 aliphatic carbocycles. The molecule has 0 heteroatoms. The minimum atomic E-state index is 0.569.